The molecule has 10 atom stereocenters. The summed E-state index contributed by atoms with van der Waals surface area (Å²) in [5.41, 5.74) is -0.596. The number of aromatic nitrogens is 6. The summed E-state index contributed by atoms with van der Waals surface area (Å²) in [5, 5.41) is 15.0. The Labute approximate surface area is 429 Å². The summed E-state index contributed by atoms with van der Waals surface area (Å²) in [6, 6.07) is 26.1. The van der Waals surface area contributed by atoms with Crippen LogP contribution in [0.25, 0.3) is 11.2 Å². The van der Waals surface area contributed by atoms with Gasteiger partial charge in [-0.15, -0.1) is 0 Å². The van der Waals surface area contributed by atoms with Gasteiger partial charge in [-0.25, -0.2) is 23.7 Å². The fraction of sp³-hybridized carbons (Fsp3) is 0.396. The molecule has 0 spiro atoms. The minimum Gasteiger partial charge on any atom is -0.497 e. The number of nitriles is 1. The molecule has 2 fully saturated rings. The third-order valence-corrected chi connectivity index (χ3v) is 15.2. The number of aromatic amines is 1. The van der Waals surface area contributed by atoms with Crippen LogP contribution in [0.15, 0.2) is 109 Å². The van der Waals surface area contributed by atoms with Crippen LogP contribution in [-0.2, 0) is 54.3 Å². The highest BCUT2D eigenvalue weighted by Crippen LogP contribution is 2.56. The predicted octanol–water partition coefficient (Wildman–Crippen LogP) is 6.93. The zero-order valence-corrected chi connectivity index (χ0v) is 43.0. The molecule has 392 valence electrons. The highest BCUT2D eigenvalue weighted by atomic mass is 32.5. The number of H-pyrrole nitrogens is 1. The largest absolute Gasteiger partial charge is 0.497 e. The lowest BCUT2D eigenvalue weighted by Gasteiger charge is -2.37. The van der Waals surface area contributed by atoms with E-state index < -0.39 is 100 Å². The van der Waals surface area contributed by atoms with Crippen molar-refractivity contribution in [1.29, 1.82) is 5.26 Å². The molecular formula is C48H53F2N9O12P2S. The average Bonchev–Trinajstić information content (AvgIpc) is 4.06. The number of hydrogen-bond donors (Lipinski definition) is 4. The van der Waals surface area contributed by atoms with Gasteiger partial charge < -0.3 is 42.7 Å². The number of fused-ring (bicyclic) bond motifs is 1. The number of carbonyl (C=O) groups is 1. The maximum atomic E-state index is 18.0. The number of hydrogen-bond acceptors (Lipinski definition) is 18. The molecule has 2 unspecified atom stereocenters. The molecule has 74 heavy (non-hydrogen) atoms. The molecule has 21 nitrogen and oxygen atoms in total. The minimum atomic E-state index is -4.27. The zero-order chi connectivity index (χ0) is 52.6. The summed E-state index contributed by atoms with van der Waals surface area (Å²) < 4.78 is 95.9. The topological polar surface area (TPSA) is 265 Å². The fourth-order valence-corrected chi connectivity index (χ4v) is 11.4. The average molecular weight is 1080 g/mol. The Bertz CT molecular complexity index is 2990. The molecule has 1 saturated carbocycles. The van der Waals surface area contributed by atoms with Gasteiger partial charge >= 0.3 is 15.0 Å². The number of carbonyl (C=O) groups excluding carboxylic acids is 1. The lowest BCUT2D eigenvalue weighted by Crippen LogP contribution is -2.38. The molecular weight excluding hydrogens is 1030 g/mol. The highest BCUT2D eigenvalue weighted by Gasteiger charge is 2.53. The summed E-state index contributed by atoms with van der Waals surface area (Å²) in [5.74, 6) is -0.718. The van der Waals surface area contributed by atoms with Crippen molar-refractivity contribution in [2.45, 2.75) is 75.2 Å². The van der Waals surface area contributed by atoms with Gasteiger partial charge in [-0.1, -0.05) is 68.4 Å². The van der Waals surface area contributed by atoms with Crippen LogP contribution >= 0.6 is 15.0 Å². The maximum Gasteiger partial charge on any atom is 0.327 e. The second-order valence-electron chi connectivity index (χ2n) is 17.4. The van der Waals surface area contributed by atoms with Crippen molar-refractivity contribution < 1.29 is 60.1 Å². The molecule has 6 aromatic rings. The summed E-state index contributed by atoms with van der Waals surface area (Å²) in [6.45, 7) is -2.28. The molecule has 1 aliphatic heterocycles. The monoisotopic (exact) mass is 1080 g/mol. The zero-order valence-electron chi connectivity index (χ0n) is 40.3. The molecule has 8 rings (SSSR count). The summed E-state index contributed by atoms with van der Waals surface area (Å²) in [4.78, 5) is 55.3. The molecule has 1 aliphatic carbocycles. The molecule has 2 aliphatic rings. The summed E-state index contributed by atoms with van der Waals surface area (Å²) in [6.07, 6.45) is -6.65. The van der Waals surface area contributed by atoms with Crippen LogP contribution < -0.4 is 25.7 Å². The Hall–Kier alpha value is -6.09. The second-order valence-corrected chi connectivity index (χ2v) is 21.1. The van der Waals surface area contributed by atoms with E-state index in [1.807, 2.05) is 60.7 Å². The predicted molar refractivity (Wildman–Crippen MR) is 269 cm³/mol. The van der Waals surface area contributed by atoms with Crippen LogP contribution in [-0.4, -0.2) is 111 Å². The number of alkyl halides is 2. The highest BCUT2D eigenvalue weighted by molar-refractivity contribution is 8.07. The van der Waals surface area contributed by atoms with E-state index in [1.165, 1.54) is 29.5 Å². The van der Waals surface area contributed by atoms with E-state index in [0.717, 1.165) is 0 Å². The first kappa shape index (κ1) is 54.2. The number of ether oxygens (including phenoxy) is 4. The van der Waals surface area contributed by atoms with Crippen molar-refractivity contribution in [2.75, 3.05) is 44.7 Å². The number of rotatable bonds is 23. The van der Waals surface area contributed by atoms with Gasteiger partial charge in [-0.2, -0.15) is 10.2 Å². The normalized spacial score (nSPS) is 23.0. The van der Waals surface area contributed by atoms with Gasteiger partial charge in [0.25, 0.3) is 5.56 Å². The molecule has 4 N–H and O–H groups in total. The molecule has 0 radical (unpaired) electrons. The van der Waals surface area contributed by atoms with Crippen LogP contribution in [0.4, 0.5) is 20.5 Å². The first-order valence-electron chi connectivity index (χ1n) is 23.2. The number of nitrogens with zero attached hydrogens (tertiary/aromatic N) is 6. The van der Waals surface area contributed by atoms with E-state index in [9.17, 15) is 24.3 Å². The maximum absolute atomic E-state index is 18.0. The number of amides is 1. The van der Waals surface area contributed by atoms with Crippen molar-refractivity contribution in [3.63, 3.8) is 0 Å². The van der Waals surface area contributed by atoms with Crippen molar-refractivity contribution in [3.05, 3.63) is 131 Å². The van der Waals surface area contributed by atoms with E-state index >= 15 is 8.78 Å². The van der Waals surface area contributed by atoms with Crippen LogP contribution in [0.5, 0.6) is 11.5 Å². The van der Waals surface area contributed by atoms with Crippen LogP contribution in [0.1, 0.15) is 49.6 Å². The lowest BCUT2D eigenvalue weighted by molar-refractivity contribution is -0.118. The van der Waals surface area contributed by atoms with E-state index in [4.69, 9.17) is 48.8 Å². The molecule has 3 aromatic heterocycles. The van der Waals surface area contributed by atoms with Gasteiger partial charge in [0.2, 0.25) is 11.9 Å². The van der Waals surface area contributed by atoms with Crippen LogP contribution in [0.3, 0.4) is 0 Å². The third-order valence-electron chi connectivity index (χ3n) is 12.4. The Kier molecular flexibility index (Phi) is 17.6. The molecule has 1 saturated heterocycles. The van der Waals surface area contributed by atoms with E-state index in [1.54, 1.807) is 52.3 Å². The van der Waals surface area contributed by atoms with Gasteiger partial charge in [0.1, 0.15) is 53.7 Å². The van der Waals surface area contributed by atoms with E-state index in [2.05, 4.69) is 35.6 Å². The van der Waals surface area contributed by atoms with Gasteiger partial charge in [-0.3, -0.25) is 33.5 Å². The van der Waals surface area contributed by atoms with Gasteiger partial charge in [0, 0.05) is 18.0 Å². The Morgan fingerprint density at radius 1 is 0.986 bits per heavy atom. The number of imidazole rings is 1. The van der Waals surface area contributed by atoms with Crippen LogP contribution in [0, 0.1) is 23.2 Å². The Morgan fingerprint density at radius 3 is 2.27 bits per heavy atom. The SMILES string of the molecule is COc1ccc(C(OC[C@H]2O[C@@H](n3cnc4c(=O)[nH]c(NC(=O)C(C)C)nc43)[C@H](OP(=S)(OCCC#N)OC[C@H]3C[C@@H](Nc4ccncn4)[C@H](F)[C@@H]3O[PH](=O)O)[C@@H]2F)(c2ccccc2)c2ccc(OC)cc2)cc1. The quantitative estimate of drug-likeness (QED) is 0.0288. The molecule has 4 heterocycles. The van der Waals surface area contributed by atoms with Crippen molar-refractivity contribution in [3.8, 4) is 17.6 Å². The third kappa shape index (κ3) is 12.0. The first-order valence-corrected chi connectivity index (χ1v) is 27.0. The summed E-state index contributed by atoms with van der Waals surface area (Å²) >= 11 is 5.96. The standard InChI is InChI=1S/C48H53F2N9O12P2S/c1-28(2)44(60)57-47-56-43-40(45(61)58-47)54-27-59(43)46-42(71-73(74,67-22-8-20-51)68-24-29-23-35(38(49)41(29)70-72(62)63)55-37-19-21-52-26-53-37)39(50)36(69-46)25-66-48(30-9-6-5-7-10-30,31-11-15-33(64-3)16-12-31)32-13-17-34(65-4)18-14-32/h5-7,9-19,21,26-29,35-36,38-39,41-42,46,72H,8,22-25H2,1-4H3,(H,62,63)(H,52,53,55)(H2,56,57,58,60,61)/t29-,35-,36-,38+,39-,41-,42-,46-,73?/m1/s1. The lowest BCUT2D eigenvalue weighted by atomic mass is 9.80. The van der Waals surface area contributed by atoms with Crippen molar-refractivity contribution in [1.82, 2.24) is 29.5 Å². The Morgan fingerprint density at radius 2 is 1.66 bits per heavy atom. The second kappa shape index (κ2) is 24.1. The minimum absolute atomic E-state index is 0.0265. The van der Waals surface area contributed by atoms with Crippen LogP contribution in [0.2, 0.25) is 0 Å². The first-order chi connectivity index (χ1) is 35.7. The molecule has 3 aromatic carbocycles. The molecule has 0 bridgehead atoms. The fourth-order valence-electron chi connectivity index (χ4n) is 8.74. The number of methoxy groups -OCH3 is 2. The molecule has 1 amide bonds. The van der Waals surface area contributed by atoms with E-state index in [0.29, 0.717) is 28.2 Å². The Balaban J connectivity index is 1.18. The van der Waals surface area contributed by atoms with E-state index in [-0.39, 0.29) is 42.4 Å². The summed E-state index contributed by atoms with van der Waals surface area (Å²) in [7, 11) is -0.603. The number of nitrogens with one attached hydrogen (secondary N) is 3. The smallest absolute Gasteiger partial charge is 0.327 e. The number of anilines is 2. The van der Waals surface area contributed by atoms with Gasteiger partial charge in [-0.05, 0) is 65.2 Å². The van der Waals surface area contributed by atoms with Gasteiger partial charge in [0.15, 0.2) is 23.6 Å². The van der Waals surface area contributed by atoms with Gasteiger partial charge in [0.05, 0.1) is 58.9 Å². The van der Waals surface area contributed by atoms with Crippen molar-refractivity contribution >= 4 is 55.6 Å². The van der Waals surface area contributed by atoms with Crippen molar-refractivity contribution in [2.24, 2.45) is 11.8 Å². The number of halogens is 2. The molecule has 26 heteroatoms. The number of benzene rings is 3.